The van der Waals surface area contributed by atoms with Gasteiger partial charge < -0.3 is 10.5 Å². The fourth-order valence-corrected chi connectivity index (χ4v) is 1.20. The Hall–Kier alpha value is -1.35. The number of hydrogen-bond acceptors (Lipinski definition) is 3. The second-order valence-corrected chi connectivity index (χ2v) is 3.05. The van der Waals surface area contributed by atoms with Gasteiger partial charge in [-0.15, -0.1) is 0 Å². The largest absolute Gasteiger partial charge is 0.465 e. The van der Waals surface area contributed by atoms with E-state index in [1.807, 2.05) is 30.3 Å². The summed E-state index contributed by atoms with van der Waals surface area (Å²) in [5.74, 6) is -0.337. The van der Waals surface area contributed by atoms with Crippen LogP contribution in [-0.4, -0.2) is 18.6 Å². The maximum atomic E-state index is 11.2. The van der Waals surface area contributed by atoms with E-state index in [0.717, 1.165) is 5.56 Å². The second kappa shape index (κ2) is 5.40. The summed E-state index contributed by atoms with van der Waals surface area (Å²) in [7, 11) is 0. The summed E-state index contributed by atoms with van der Waals surface area (Å²) in [5.41, 5.74) is 6.71. The highest BCUT2D eigenvalue weighted by molar-refractivity contribution is 5.75. The van der Waals surface area contributed by atoms with Gasteiger partial charge in [-0.1, -0.05) is 30.3 Å². The Morgan fingerprint density at radius 3 is 2.64 bits per heavy atom. The molecule has 14 heavy (non-hydrogen) atoms. The van der Waals surface area contributed by atoms with Gasteiger partial charge in [0.15, 0.2) is 0 Å². The van der Waals surface area contributed by atoms with Gasteiger partial charge in [0.1, 0.15) is 6.04 Å². The molecule has 1 aromatic rings. The summed E-state index contributed by atoms with van der Waals surface area (Å²) in [6.07, 6.45) is 0.527. The number of carbonyl (C=O) groups excluding carboxylic acids is 1. The zero-order valence-electron chi connectivity index (χ0n) is 8.27. The molecular formula is C11H15NO2. The van der Waals surface area contributed by atoms with Crippen LogP contribution < -0.4 is 5.73 Å². The van der Waals surface area contributed by atoms with Gasteiger partial charge in [0, 0.05) is 0 Å². The number of carbonyl (C=O) groups is 1. The van der Waals surface area contributed by atoms with Gasteiger partial charge in [0.25, 0.3) is 0 Å². The highest BCUT2D eigenvalue weighted by Crippen LogP contribution is 2.02. The molecule has 3 heteroatoms. The first kappa shape index (κ1) is 10.7. The highest BCUT2D eigenvalue weighted by Gasteiger charge is 2.14. The lowest BCUT2D eigenvalue weighted by Crippen LogP contribution is -2.34. The fourth-order valence-electron chi connectivity index (χ4n) is 1.20. The molecule has 0 amide bonds. The average molecular weight is 193 g/mol. The lowest BCUT2D eigenvalue weighted by molar-refractivity contribution is -0.144. The Kier molecular flexibility index (Phi) is 4.13. The number of nitrogens with two attached hydrogens (primary N) is 1. The second-order valence-electron chi connectivity index (χ2n) is 3.05. The smallest absolute Gasteiger partial charge is 0.323 e. The molecule has 1 aromatic carbocycles. The van der Waals surface area contributed by atoms with Crippen LogP contribution in [0.2, 0.25) is 0 Å². The number of esters is 1. The molecule has 0 radical (unpaired) electrons. The van der Waals surface area contributed by atoms with Crippen molar-refractivity contribution in [2.24, 2.45) is 5.73 Å². The Bertz CT molecular complexity index is 285. The Labute approximate surface area is 83.9 Å². The predicted octanol–water partition coefficient (Wildman–Crippen LogP) is 1.12. The first-order chi connectivity index (χ1) is 6.74. The van der Waals surface area contributed by atoms with E-state index in [9.17, 15) is 4.79 Å². The quantitative estimate of drug-likeness (QED) is 0.729. The first-order valence-corrected chi connectivity index (χ1v) is 4.70. The van der Waals surface area contributed by atoms with Crippen molar-refractivity contribution in [3.8, 4) is 0 Å². The van der Waals surface area contributed by atoms with Gasteiger partial charge in [-0.05, 0) is 18.9 Å². The van der Waals surface area contributed by atoms with E-state index in [0.29, 0.717) is 13.0 Å². The molecule has 0 aliphatic heterocycles. The highest BCUT2D eigenvalue weighted by atomic mass is 16.5. The third-order valence-electron chi connectivity index (χ3n) is 1.89. The summed E-state index contributed by atoms with van der Waals surface area (Å²) >= 11 is 0. The van der Waals surface area contributed by atoms with Crippen LogP contribution in [0.15, 0.2) is 30.3 Å². The van der Waals surface area contributed by atoms with E-state index in [1.165, 1.54) is 0 Å². The predicted molar refractivity (Wildman–Crippen MR) is 54.8 cm³/mol. The zero-order chi connectivity index (χ0) is 10.4. The Morgan fingerprint density at radius 1 is 1.43 bits per heavy atom. The summed E-state index contributed by atoms with van der Waals surface area (Å²) in [6, 6.07) is 9.11. The molecular weight excluding hydrogens is 178 g/mol. The third-order valence-corrected chi connectivity index (χ3v) is 1.89. The van der Waals surface area contributed by atoms with Crippen LogP contribution >= 0.6 is 0 Å². The van der Waals surface area contributed by atoms with Crippen molar-refractivity contribution in [2.45, 2.75) is 19.4 Å². The summed E-state index contributed by atoms with van der Waals surface area (Å²) in [5, 5.41) is 0. The molecule has 0 saturated carbocycles. The van der Waals surface area contributed by atoms with Crippen molar-refractivity contribution in [3.05, 3.63) is 35.9 Å². The number of benzene rings is 1. The molecule has 1 rings (SSSR count). The molecule has 0 aliphatic carbocycles. The van der Waals surface area contributed by atoms with E-state index in [-0.39, 0.29) is 5.97 Å². The average Bonchev–Trinajstić information content (AvgIpc) is 2.19. The van der Waals surface area contributed by atoms with Crippen LogP contribution in [0, 0.1) is 0 Å². The van der Waals surface area contributed by atoms with Crippen molar-refractivity contribution in [1.82, 2.24) is 0 Å². The van der Waals surface area contributed by atoms with Crippen LogP contribution in [0.5, 0.6) is 0 Å². The minimum absolute atomic E-state index is 0.337. The Morgan fingerprint density at radius 2 is 2.07 bits per heavy atom. The number of hydrogen-bond donors (Lipinski definition) is 1. The van der Waals surface area contributed by atoms with E-state index in [2.05, 4.69) is 0 Å². The number of ether oxygens (including phenoxy) is 1. The monoisotopic (exact) mass is 193 g/mol. The van der Waals surface area contributed by atoms with E-state index in [4.69, 9.17) is 10.5 Å². The molecule has 0 unspecified atom stereocenters. The SMILES string of the molecule is CCOC(=O)[C@H](N)Cc1ccccc1. The molecule has 0 aliphatic rings. The molecule has 0 saturated heterocycles. The molecule has 0 spiro atoms. The van der Waals surface area contributed by atoms with Gasteiger partial charge in [-0.25, -0.2) is 0 Å². The maximum absolute atomic E-state index is 11.2. The third kappa shape index (κ3) is 3.18. The topological polar surface area (TPSA) is 52.3 Å². The van der Waals surface area contributed by atoms with Crippen LogP contribution in [0.1, 0.15) is 12.5 Å². The molecule has 0 bridgehead atoms. The van der Waals surface area contributed by atoms with Crippen molar-refractivity contribution in [2.75, 3.05) is 6.61 Å². The van der Waals surface area contributed by atoms with Crippen molar-refractivity contribution in [1.29, 1.82) is 0 Å². The van der Waals surface area contributed by atoms with Gasteiger partial charge in [0.05, 0.1) is 6.61 Å². The zero-order valence-corrected chi connectivity index (χ0v) is 8.27. The van der Waals surface area contributed by atoms with Gasteiger partial charge >= 0.3 is 5.97 Å². The molecule has 3 nitrogen and oxygen atoms in total. The molecule has 1 atom stereocenters. The molecule has 0 aromatic heterocycles. The number of rotatable bonds is 4. The van der Waals surface area contributed by atoms with Crippen molar-refractivity contribution < 1.29 is 9.53 Å². The molecule has 76 valence electrons. The standard InChI is InChI=1S/C11H15NO2/c1-2-14-11(13)10(12)8-9-6-4-3-5-7-9/h3-7,10H,2,8,12H2,1H3/t10-/m1/s1. The maximum Gasteiger partial charge on any atom is 0.323 e. The Balaban J connectivity index is 2.49. The van der Waals surface area contributed by atoms with E-state index >= 15 is 0 Å². The van der Waals surface area contributed by atoms with Gasteiger partial charge in [-0.3, -0.25) is 4.79 Å². The molecule has 2 N–H and O–H groups in total. The summed E-state index contributed by atoms with van der Waals surface area (Å²) in [6.45, 7) is 2.15. The molecule has 0 fully saturated rings. The summed E-state index contributed by atoms with van der Waals surface area (Å²) < 4.78 is 4.81. The van der Waals surface area contributed by atoms with Crippen LogP contribution in [0.25, 0.3) is 0 Å². The van der Waals surface area contributed by atoms with Crippen LogP contribution in [0.4, 0.5) is 0 Å². The minimum Gasteiger partial charge on any atom is -0.465 e. The van der Waals surface area contributed by atoms with E-state index in [1.54, 1.807) is 6.92 Å². The summed E-state index contributed by atoms with van der Waals surface area (Å²) in [4.78, 5) is 11.2. The lowest BCUT2D eigenvalue weighted by Gasteiger charge is -2.09. The molecule has 0 heterocycles. The van der Waals surface area contributed by atoms with Crippen molar-refractivity contribution in [3.63, 3.8) is 0 Å². The van der Waals surface area contributed by atoms with Crippen molar-refractivity contribution >= 4 is 5.97 Å². The van der Waals surface area contributed by atoms with Gasteiger partial charge in [0.2, 0.25) is 0 Å². The van der Waals surface area contributed by atoms with E-state index < -0.39 is 6.04 Å². The first-order valence-electron chi connectivity index (χ1n) is 4.70. The normalized spacial score (nSPS) is 12.1. The van der Waals surface area contributed by atoms with Crippen LogP contribution in [0.3, 0.4) is 0 Å². The van der Waals surface area contributed by atoms with Crippen LogP contribution in [-0.2, 0) is 16.0 Å². The van der Waals surface area contributed by atoms with Gasteiger partial charge in [-0.2, -0.15) is 0 Å². The minimum atomic E-state index is -0.558. The lowest BCUT2D eigenvalue weighted by atomic mass is 10.1. The fraction of sp³-hybridized carbons (Fsp3) is 0.364.